The molecule has 0 unspecified atom stereocenters. The molecule has 3 aromatic carbocycles. The van der Waals surface area contributed by atoms with Crippen LogP contribution in [-0.4, -0.2) is 12.7 Å². The van der Waals surface area contributed by atoms with E-state index in [2.05, 4.69) is 4.74 Å². The lowest BCUT2D eigenvalue weighted by Gasteiger charge is -2.33. The Morgan fingerprint density at radius 2 is 1.43 bits per heavy atom. The number of benzene rings is 3. The van der Waals surface area contributed by atoms with Crippen molar-refractivity contribution in [2.45, 2.75) is 44.6 Å². The van der Waals surface area contributed by atoms with Gasteiger partial charge in [0, 0.05) is 12.1 Å². The molecule has 0 heterocycles. The highest BCUT2D eigenvalue weighted by Gasteiger charge is 2.44. The first-order valence-corrected chi connectivity index (χ1v) is 11.0. The van der Waals surface area contributed by atoms with E-state index in [1.165, 1.54) is 18.2 Å². The van der Waals surface area contributed by atoms with Crippen molar-refractivity contribution in [2.75, 3.05) is 6.61 Å². The molecular weight excluding hydrogens is 484 g/mol. The first kappa shape index (κ1) is 25.1. The highest BCUT2D eigenvalue weighted by molar-refractivity contribution is 5.86. The Balaban J connectivity index is 1.52. The summed E-state index contributed by atoms with van der Waals surface area (Å²) in [6.07, 6.45) is -3.93. The number of halogens is 8. The van der Waals surface area contributed by atoms with Gasteiger partial charge in [-0.1, -0.05) is 12.1 Å². The highest BCUT2D eigenvalue weighted by atomic mass is 19.3. The van der Waals surface area contributed by atoms with Crippen LogP contribution in [0.3, 0.4) is 0 Å². The third-order valence-electron chi connectivity index (χ3n) is 6.27. The summed E-state index contributed by atoms with van der Waals surface area (Å²) in [4.78, 5) is 0. The Morgan fingerprint density at radius 3 is 2.03 bits per heavy atom. The van der Waals surface area contributed by atoms with Gasteiger partial charge >= 0.3 is 6.11 Å². The number of hydrogen-bond acceptors (Lipinski definition) is 2. The molecule has 0 aromatic heterocycles. The Morgan fingerprint density at radius 1 is 0.800 bits per heavy atom. The van der Waals surface area contributed by atoms with E-state index in [-0.39, 0.29) is 49.0 Å². The SMILES string of the molecule is CCOc1cc2ccc(C3CCC(C(F)(F)Oc4cc(F)c(F)c(F)c4)CC3)c(F)c2c(F)c1F. The minimum Gasteiger partial charge on any atom is -0.491 e. The van der Waals surface area contributed by atoms with Crippen LogP contribution in [0, 0.1) is 40.8 Å². The van der Waals surface area contributed by atoms with Crippen LogP contribution in [0.5, 0.6) is 11.5 Å². The van der Waals surface area contributed by atoms with E-state index in [9.17, 15) is 30.7 Å². The molecule has 10 heteroatoms. The predicted octanol–water partition coefficient (Wildman–Crippen LogP) is 8.02. The van der Waals surface area contributed by atoms with Crippen molar-refractivity contribution in [3.05, 3.63) is 70.8 Å². The Labute approximate surface area is 195 Å². The zero-order valence-electron chi connectivity index (χ0n) is 18.4. The van der Waals surface area contributed by atoms with Gasteiger partial charge in [-0.2, -0.15) is 13.2 Å². The maximum Gasteiger partial charge on any atom is 0.400 e. The zero-order chi connectivity index (χ0) is 25.5. The van der Waals surface area contributed by atoms with Crippen LogP contribution >= 0.6 is 0 Å². The van der Waals surface area contributed by atoms with E-state index < -0.39 is 64.0 Å². The molecule has 0 amide bonds. The van der Waals surface area contributed by atoms with E-state index in [1.54, 1.807) is 6.92 Å². The third-order valence-corrected chi connectivity index (χ3v) is 6.27. The standard InChI is InChI=1S/C25H20F8O2/c1-2-34-19-9-13-5-8-16(21(28)20(13)24(31)23(19)30)12-3-6-14(7-4-12)25(32,33)35-15-10-17(26)22(29)18(27)11-15/h5,8-12,14H,2-4,6-7H2,1H3. The number of hydrogen-bond donors (Lipinski definition) is 0. The van der Waals surface area contributed by atoms with Crippen LogP contribution < -0.4 is 9.47 Å². The molecule has 2 nitrogen and oxygen atoms in total. The topological polar surface area (TPSA) is 18.5 Å². The minimum absolute atomic E-state index is 0.0744. The van der Waals surface area contributed by atoms with E-state index >= 15 is 4.39 Å². The van der Waals surface area contributed by atoms with Gasteiger partial charge < -0.3 is 9.47 Å². The fourth-order valence-electron chi connectivity index (χ4n) is 4.52. The summed E-state index contributed by atoms with van der Waals surface area (Å²) >= 11 is 0. The second-order valence-electron chi connectivity index (χ2n) is 8.42. The van der Waals surface area contributed by atoms with E-state index in [0.29, 0.717) is 12.1 Å². The van der Waals surface area contributed by atoms with Crippen molar-refractivity contribution in [2.24, 2.45) is 5.92 Å². The molecule has 1 aliphatic rings. The summed E-state index contributed by atoms with van der Waals surface area (Å²) in [5, 5.41) is -0.444. The average molecular weight is 504 g/mol. The summed E-state index contributed by atoms with van der Waals surface area (Å²) in [6.45, 7) is 1.68. The Bertz CT molecular complexity index is 1230. The molecule has 1 aliphatic carbocycles. The summed E-state index contributed by atoms with van der Waals surface area (Å²) in [7, 11) is 0. The first-order chi connectivity index (χ1) is 16.5. The zero-order valence-corrected chi connectivity index (χ0v) is 18.4. The quantitative estimate of drug-likeness (QED) is 0.250. The highest BCUT2D eigenvalue weighted by Crippen LogP contribution is 2.45. The Hall–Kier alpha value is -3.04. The van der Waals surface area contributed by atoms with Crippen LogP contribution in [0.15, 0.2) is 30.3 Å². The molecule has 188 valence electrons. The lowest BCUT2D eigenvalue weighted by atomic mass is 9.77. The molecule has 1 saturated carbocycles. The maximum absolute atomic E-state index is 15.2. The number of ether oxygens (including phenoxy) is 2. The number of alkyl halides is 2. The van der Waals surface area contributed by atoms with Crippen molar-refractivity contribution in [3.63, 3.8) is 0 Å². The Kier molecular flexibility index (Phi) is 6.83. The first-order valence-electron chi connectivity index (χ1n) is 11.0. The summed E-state index contributed by atoms with van der Waals surface area (Å²) in [5.74, 6) is -11.9. The molecule has 0 bridgehead atoms. The van der Waals surface area contributed by atoms with Gasteiger partial charge in [-0.05, 0) is 55.5 Å². The largest absolute Gasteiger partial charge is 0.491 e. The van der Waals surface area contributed by atoms with Crippen LogP contribution in [0.2, 0.25) is 0 Å². The van der Waals surface area contributed by atoms with Gasteiger partial charge in [0.25, 0.3) is 0 Å². The van der Waals surface area contributed by atoms with Crippen molar-refractivity contribution < 1.29 is 44.6 Å². The summed E-state index contributed by atoms with van der Waals surface area (Å²) in [5.41, 5.74) is 0.0744. The van der Waals surface area contributed by atoms with Crippen LogP contribution in [-0.2, 0) is 0 Å². The molecule has 0 radical (unpaired) electrons. The van der Waals surface area contributed by atoms with Gasteiger partial charge in [0.1, 0.15) is 11.6 Å². The van der Waals surface area contributed by atoms with Gasteiger partial charge in [-0.3, -0.25) is 0 Å². The minimum atomic E-state index is -3.82. The number of rotatable bonds is 6. The van der Waals surface area contributed by atoms with Crippen molar-refractivity contribution in [1.29, 1.82) is 0 Å². The third kappa shape index (κ3) is 4.75. The van der Waals surface area contributed by atoms with E-state index in [0.717, 1.165) is 0 Å². The molecule has 0 atom stereocenters. The fraction of sp³-hybridized carbons (Fsp3) is 0.360. The molecule has 4 rings (SSSR count). The molecule has 35 heavy (non-hydrogen) atoms. The molecular formula is C25H20F8O2. The van der Waals surface area contributed by atoms with Crippen LogP contribution in [0.25, 0.3) is 10.8 Å². The van der Waals surface area contributed by atoms with Gasteiger partial charge in [-0.15, -0.1) is 0 Å². The summed E-state index contributed by atoms with van der Waals surface area (Å²) in [6, 6.07) is 4.68. The van der Waals surface area contributed by atoms with Gasteiger partial charge in [0.2, 0.25) is 5.82 Å². The molecule has 1 fully saturated rings. The van der Waals surface area contributed by atoms with E-state index in [4.69, 9.17) is 4.74 Å². The van der Waals surface area contributed by atoms with Crippen molar-refractivity contribution in [3.8, 4) is 11.5 Å². The predicted molar refractivity (Wildman–Crippen MR) is 112 cm³/mol. The molecule has 0 aliphatic heterocycles. The van der Waals surface area contributed by atoms with Gasteiger partial charge in [-0.25, -0.2) is 22.0 Å². The lowest BCUT2D eigenvalue weighted by molar-refractivity contribution is -0.222. The van der Waals surface area contributed by atoms with E-state index in [1.807, 2.05) is 0 Å². The molecule has 0 spiro atoms. The van der Waals surface area contributed by atoms with Crippen LogP contribution in [0.1, 0.15) is 44.1 Å². The summed E-state index contributed by atoms with van der Waals surface area (Å²) < 4.78 is 123. The van der Waals surface area contributed by atoms with Crippen LogP contribution in [0.4, 0.5) is 35.1 Å². The lowest BCUT2D eigenvalue weighted by Crippen LogP contribution is -2.37. The monoisotopic (exact) mass is 504 g/mol. The van der Waals surface area contributed by atoms with Crippen molar-refractivity contribution in [1.82, 2.24) is 0 Å². The fourth-order valence-corrected chi connectivity index (χ4v) is 4.52. The molecule has 3 aromatic rings. The second kappa shape index (κ2) is 9.54. The number of fused-ring (bicyclic) bond motifs is 1. The normalized spacial score (nSPS) is 18.7. The van der Waals surface area contributed by atoms with Gasteiger partial charge in [0.15, 0.2) is 29.0 Å². The average Bonchev–Trinajstić information content (AvgIpc) is 2.81. The van der Waals surface area contributed by atoms with Crippen molar-refractivity contribution >= 4 is 10.8 Å². The maximum atomic E-state index is 15.2. The van der Waals surface area contributed by atoms with Gasteiger partial charge in [0.05, 0.1) is 17.9 Å². The molecule has 0 N–H and O–H groups in total. The molecule has 0 saturated heterocycles. The smallest absolute Gasteiger partial charge is 0.400 e. The second-order valence-corrected chi connectivity index (χ2v) is 8.42.